The lowest BCUT2D eigenvalue weighted by Crippen LogP contribution is -2.49. The third-order valence-electron chi connectivity index (χ3n) is 3.90. The minimum atomic E-state index is -0.242. The molecule has 0 spiro atoms. The van der Waals surface area contributed by atoms with E-state index in [1.807, 2.05) is 31.2 Å². The van der Waals surface area contributed by atoms with E-state index in [1.165, 1.54) is 0 Å². The van der Waals surface area contributed by atoms with Gasteiger partial charge in [-0.2, -0.15) is 0 Å². The minimum absolute atomic E-state index is 0.212. The van der Waals surface area contributed by atoms with Gasteiger partial charge in [0.1, 0.15) is 0 Å². The molecule has 1 saturated heterocycles. The Bertz CT molecular complexity index is 443. The summed E-state index contributed by atoms with van der Waals surface area (Å²) in [5, 5.41) is 4.08. The van der Waals surface area contributed by atoms with Crippen molar-refractivity contribution in [1.82, 2.24) is 10.2 Å². The van der Waals surface area contributed by atoms with Gasteiger partial charge in [0.2, 0.25) is 5.91 Å². The Kier molecular flexibility index (Phi) is 5.40. The van der Waals surface area contributed by atoms with E-state index in [9.17, 15) is 4.79 Å². The summed E-state index contributed by atoms with van der Waals surface area (Å²) < 4.78 is 0. The van der Waals surface area contributed by atoms with E-state index in [-0.39, 0.29) is 11.9 Å². The monoisotopic (exact) mass is 295 g/mol. The maximum Gasteiger partial charge on any atom is 0.234 e. The molecule has 1 aliphatic rings. The first-order chi connectivity index (χ1) is 9.61. The van der Waals surface area contributed by atoms with Crippen LogP contribution in [-0.2, 0) is 11.3 Å². The molecule has 0 radical (unpaired) electrons. The van der Waals surface area contributed by atoms with Crippen LogP contribution in [0.2, 0.25) is 5.02 Å². The quantitative estimate of drug-likeness (QED) is 0.841. The summed E-state index contributed by atoms with van der Waals surface area (Å²) in [5.74, 6) is -0.242. The molecule has 5 heteroatoms. The Morgan fingerprint density at radius 2 is 2.20 bits per heavy atom. The van der Waals surface area contributed by atoms with Gasteiger partial charge in [0.05, 0.1) is 6.04 Å². The molecule has 4 nitrogen and oxygen atoms in total. The molecule has 20 heavy (non-hydrogen) atoms. The standard InChI is InChI=1S/C15H22ClN3O/c1-2-14(15(17)20)19(13-7-8-18-9-13)10-11-3-5-12(16)6-4-11/h3-6,13-14,18H,2,7-10H2,1H3,(H2,17,20). The van der Waals surface area contributed by atoms with Crippen LogP contribution in [0.3, 0.4) is 0 Å². The highest BCUT2D eigenvalue weighted by Gasteiger charge is 2.30. The van der Waals surface area contributed by atoms with Crippen molar-refractivity contribution in [3.8, 4) is 0 Å². The molecule has 2 unspecified atom stereocenters. The topological polar surface area (TPSA) is 58.4 Å². The third-order valence-corrected chi connectivity index (χ3v) is 4.15. The van der Waals surface area contributed by atoms with Gasteiger partial charge >= 0.3 is 0 Å². The summed E-state index contributed by atoms with van der Waals surface area (Å²) >= 11 is 5.92. The van der Waals surface area contributed by atoms with Crippen LogP contribution >= 0.6 is 11.6 Å². The number of hydrogen-bond donors (Lipinski definition) is 2. The molecule has 0 bridgehead atoms. The zero-order valence-electron chi connectivity index (χ0n) is 11.8. The largest absolute Gasteiger partial charge is 0.368 e. The molecule has 2 rings (SSSR count). The van der Waals surface area contributed by atoms with Crippen LogP contribution in [0, 0.1) is 0 Å². The number of nitrogens with two attached hydrogens (primary N) is 1. The van der Waals surface area contributed by atoms with Crippen molar-refractivity contribution in [2.24, 2.45) is 5.73 Å². The number of nitrogens with zero attached hydrogens (tertiary/aromatic N) is 1. The molecular formula is C15H22ClN3O. The van der Waals surface area contributed by atoms with Gasteiger partial charge in [0.25, 0.3) is 0 Å². The second-order valence-corrected chi connectivity index (χ2v) is 5.71. The van der Waals surface area contributed by atoms with Crippen LogP contribution in [0.5, 0.6) is 0 Å². The van der Waals surface area contributed by atoms with E-state index in [2.05, 4.69) is 10.2 Å². The zero-order chi connectivity index (χ0) is 14.5. The summed E-state index contributed by atoms with van der Waals surface area (Å²) in [5.41, 5.74) is 6.73. The van der Waals surface area contributed by atoms with Crippen molar-refractivity contribution < 1.29 is 4.79 Å². The number of halogens is 1. The predicted molar refractivity (Wildman–Crippen MR) is 81.5 cm³/mol. The number of rotatable bonds is 6. The van der Waals surface area contributed by atoms with E-state index in [1.54, 1.807) is 0 Å². The molecule has 3 N–H and O–H groups in total. The number of primary amides is 1. The molecule has 1 amide bonds. The summed E-state index contributed by atoms with van der Waals surface area (Å²) in [6.45, 7) is 4.64. The van der Waals surface area contributed by atoms with Crippen molar-refractivity contribution in [3.05, 3.63) is 34.9 Å². The fourth-order valence-electron chi connectivity index (χ4n) is 2.82. The van der Waals surface area contributed by atoms with Crippen LogP contribution < -0.4 is 11.1 Å². The van der Waals surface area contributed by atoms with E-state index in [4.69, 9.17) is 17.3 Å². The number of benzene rings is 1. The van der Waals surface area contributed by atoms with Crippen LogP contribution in [0.25, 0.3) is 0 Å². The van der Waals surface area contributed by atoms with Crippen LogP contribution in [0.1, 0.15) is 25.3 Å². The van der Waals surface area contributed by atoms with Gasteiger partial charge in [-0.05, 0) is 37.1 Å². The molecule has 1 aliphatic heterocycles. The highest BCUT2D eigenvalue weighted by Crippen LogP contribution is 2.19. The number of hydrogen-bond acceptors (Lipinski definition) is 3. The Morgan fingerprint density at radius 3 is 2.70 bits per heavy atom. The SMILES string of the molecule is CCC(C(N)=O)N(Cc1ccc(Cl)cc1)C1CCNC1. The van der Waals surface area contributed by atoms with Gasteiger partial charge in [-0.1, -0.05) is 30.7 Å². The van der Waals surface area contributed by atoms with Crippen molar-refractivity contribution >= 4 is 17.5 Å². The average Bonchev–Trinajstić information content (AvgIpc) is 2.94. The summed E-state index contributed by atoms with van der Waals surface area (Å²) in [6, 6.07) is 7.93. The lowest BCUT2D eigenvalue weighted by atomic mass is 10.1. The highest BCUT2D eigenvalue weighted by atomic mass is 35.5. The molecule has 2 atom stereocenters. The van der Waals surface area contributed by atoms with E-state index in [0.717, 1.165) is 43.1 Å². The maximum absolute atomic E-state index is 11.7. The van der Waals surface area contributed by atoms with Gasteiger partial charge in [-0.15, -0.1) is 0 Å². The summed E-state index contributed by atoms with van der Waals surface area (Å²) in [4.78, 5) is 13.9. The molecular weight excluding hydrogens is 274 g/mol. The van der Waals surface area contributed by atoms with E-state index < -0.39 is 0 Å². The molecule has 1 heterocycles. The zero-order valence-corrected chi connectivity index (χ0v) is 12.6. The van der Waals surface area contributed by atoms with Gasteiger partial charge in [-0.3, -0.25) is 9.69 Å². The average molecular weight is 296 g/mol. The minimum Gasteiger partial charge on any atom is -0.368 e. The fourth-order valence-corrected chi connectivity index (χ4v) is 2.94. The summed E-state index contributed by atoms with van der Waals surface area (Å²) in [7, 11) is 0. The van der Waals surface area contributed by atoms with Crippen molar-refractivity contribution in [2.75, 3.05) is 13.1 Å². The molecule has 110 valence electrons. The highest BCUT2D eigenvalue weighted by molar-refractivity contribution is 6.30. The lowest BCUT2D eigenvalue weighted by molar-refractivity contribution is -0.124. The first-order valence-electron chi connectivity index (χ1n) is 7.12. The summed E-state index contributed by atoms with van der Waals surface area (Å²) in [6.07, 6.45) is 1.79. The second kappa shape index (κ2) is 7.07. The van der Waals surface area contributed by atoms with E-state index >= 15 is 0 Å². The first-order valence-corrected chi connectivity index (χ1v) is 7.49. The van der Waals surface area contributed by atoms with Gasteiger partial charge in [-0.25, -0.2) is 0 Å². The Morgan fingerprint density at radius 1 is 1.50 bits per heavy atom. The van der Waals surface area contributed by atoms with Crippen LogP contribution in [0.15, 0.2) is 24.3 Å². The Hall–Kier alpha value is -1.10. The molecule has 1 aromatic carbocycles. The third kappa shape index (κ3) is 3.72. The number of carbonyl (C=O) groups excluding carboxylic acids is 1. The normalized spacial score (nSPS) is 20.2. The number of nitrogens with one attached hydrogen (secondary N) is 1. The maximum atomic E-state index is 11.7. The first kappa shape index (κ1) is 15.3. The van der Waals surface area contributed by atoms with Crippen molar-refractivity contribution in [3.63, 3.8) is 0 Å². The predicted octanol–water partition coefficient (Wildman–Crippen LogP) is 1.77. The second-order valence-electron chi connectivity index (χ2n) is 5.27. The number of carbonyl (C=O) groups is 1. The molecule has 0 aromatic heterocycles. The van der Waals surface area contributed by atoms with Crippen LogP contribution in [-0.4, -0.2) is 36.0 Å². The van der Waals surface area contributed by atoms with Gasteiger partial charge in [0.15, 0.2) is 0 Å². The molecule has 0 aliphatic carbocycles. The fraction of sp³-hybridized carbons (Fsp3) is 0.533. The van der Waals surface area contributed by atoms with Gasteiger partial charge < -0.3 is 11.1 Å². The lowest BCUT2D eigenvalue weighted by Gasteiger charge is -2.34. The number of amides is 1. The Balaban J connectivity index is 2.16. The molecule has 1 aromatic rings. The molecule has 1 fully saturated rings. The van der Waals surface area contributed by atoms with Crippen LogP contribution in [0.4, 0.5) is 0 Å². The van der Waals surface area contributed by atoms with Crippen molar-refractivity contribution in [2.45, 2.75) is 38.4 Å². The van der Waals surface area contributed by atoms with Crippen molar-refractivity contribution in [1.29, 1.82) is 0 Å². The Labute approximate surface area is 125 Å². The van der Waals surface area contributed by atoms with Gasteiger partial charge in [0, 0.05) is 24.2 Å². The van der Waals surface area contributed by atoms with E-state index in [0.29, 0.717) is 6.04 Å². The molecule has 0 saturated carbocycles. The smallest absolute Gasteiger partial charge is 0.234 e.